The number of nitrogens with one attached hydrogen (secondary N) is 2. The molecule has 0 aliphatic heterocycles. The van der Waals surface area contributed by atoms with Gasteiger partial charge in [-0.3, -0.25) is 9.59 Å². The number of benzene rings is 2. The molecule has 0 aromatic heterocycles. The molecule has 0 saturated heterocycles. The molecule has 40 heavy (non-hydrogen) atoms. The molecule has 3 amide bonds. The zero-order chi connectivity index (χ0) is 29.9. The third-order valence-corrected chi connectivity index (χ3v) is 6.81. The molecule has 0 aliphatic carbocycles. The van der Waals surface area contributed by atoms with E-state index in [9.17, 15) is 14.4 Å². The Kier molecular flexibility index (Phi) is 12.9. The van der Waals surface area contributed by atoms with Crippen LogP contribution in [0.2, 0.25) is 5.02 Å². The predicted molar refractivity (Wildman–Crippen MR) is 165 cm³/mol. The predicted octanol–water partition coefficient (Wildman–Crippen LogP) is 6.54. The minimum Gasteiger partial charge on any atom is -0.444 e. The number of rotatable bonds is 12. The van der Waals surface area contributed by atoms with Gasteiger partial charge in [-0.2, -0.15) is 12.6 Å². The van der Waals surface area contributed by atoms with Crippen LogP contribution in [0, 0.1) is 19.3 Å². The molecule has 2 rings (SSSR count). The second kappa shape index (κ2) is 15.6. The maximum absolute atomic E-state index is 14.0. The number of anilines is 1. The fourth-order valence-electron chi connectivity index (χ4n) is 4.13. The number of terminal acetylenes is 1. The summed E-state index contributed by atoms with van der Waals surface area (Å²) in [6, 6.07) is 10.2. The van der Waals surface area contributed by atoms with Gasteiger partial charge in [0.25, 0.3) is 5.91 Å². The Morgan fingerprint density at radius 2 is 1.77 bits per heavy atom. The number of alkyl carbamates (subject to hydrolysis) is 1. The normalized spacial score (nSPS) is 12.6. The average molecular weight is 586 g/mol. The monoisotopic (exact) mass is 585 g/mol. The number of thiol groups is 1. The second-order valence-corrected chi connectivity index (χ2v) is 11.3. The van der Waals surface area contributed by atoms with Crippen LogP contribution in [0.15, 0.2) is 42.5 Å². The Morgan fingerprint density at radius 3 is 2.33 bits per heavy atom. The van der Waals surface area contributed by atoms with Crippen molar-refractivity contribution >= 4 is 47.8 Å². The van der Waals surface area contributed by atoms with E-state index in [-0.39, 0.29) is 12.3 Å². The van der Waals surface area contributed by atoms with Gasteiger partial charge in [0.05, 0.1) is 10.7 Å². The van der Waals surface area contributed by atoms with E-state index in [1.165, 1.54) is 4.90 Å². The summed E-state index contributed by atoms with van der Waals surface area (Å²) in [5.41, 5.74) is 1.71. The van der Waals surface area contributed by atoms with Crippen LogP contribution in [0.25, 0.3) is 0 Å². The van der Waals surface area contributed by atoms with Crippen LogP contribution < -0.4 is 10.6 Å². The highest BCUT2D eigenvalue weighted by atomic mass is 35.5. The quantitative estimate of drug-likeness (QED) is 0.150. The van der Waals surface area contributed by atoms with Crippen LogP contribution in [0.1, 0.15) is 76.1 Å². The van der Waals surface area contributed by atoms with Gasteiger partial charge in [-0.25, -0.2) is 4.79 Å². The minimum absolute atomic E-state index is 0.0114. The van der Waals surface area contributed by atoms with Crippen LogP contribution in [-0.2, 0) is 14.3 Å². The maximum atomic E-state index is 14.0. The minimum atomic E-state index is -1.03. The van der Waals surface area contributed by atoms with Gasteiger partial charge in [-0.05, 0) is 63.4 Å². The molecule has 2 aromatic rings. The molecule has 0 spiro atoms. The third-order valence-electron chi connectivity index (χ3n) is 6.13. The summed E-state index contributed by atoms with van der Waals surface area (Å²) >= 11 is 10.8. The van der Waals surface area contributed by atoms with Crippen molar-refractivity contribution in [1.82, 2.24) is 10.2 Å². The van der Waals surface area contributed by atoms with E-state index in [2.05, 4.69) is 36.1 Å². The number of unbranched alkanes of at least 4 members (excludes halogenated alkanes) is 3. The van der Waals surface area contributed by atoms with E-state index in [0.717, 1.165) is 24.8 Å². The average Bonchev–Trinajstić information content (AvgIpc) is 2.90. The van der Waals surface area contributed by atoms with Crippen molar-refractivity contribution in [3.05, 3.63) is 64.2 Å². The summed E-state index contributed by atoms with van der Waals surface area (Å²) in [4.78, 5) is 42.1. The van der Waals surface area contributed by atoms with Gasteiger partial charge in [0.2, 0.25) is 5.91 Å². The summed E-state index contributed by atoms with van der Waals surface area (Å²) < 4.78 is 5.37. The van der Waals surface area contributed by atoms with Crippen molar-refractivity contribution in [2.24, 2.45) is 0 Å². The Balaban J connectivity index is 2.54. The fourth-order valence-corrected chi connectivity index (χ4v) is 4.64. The fraction of sp³-hybridized carbons (Fsp3) is 0.452. The van der Waals surface area contributed by atoms with Crippen LogP contribution in [0.4, 0.5) is 10.5 Å². The van der Waals surface area contributed by atoms with Gasteiger partial charge in [0.1, 0.15) is 17.7 Å². The number of carbonyl (C=O) groups is 3. The first-order valence-electron chi connectivity index (χ1n) is 13.4. The number of halogens is 1. The molecule has 0 saturated carbocycles. The first-order chi connectivity index (χ1) is 18.9. The Bertz CT molecular complexity index is 1180. The summed E-state index contributed by atoms with van der Waals surface area (Å²) in [7, 11) is 0. The van der Waals surface area contributed by atoms with Crippen LogP contribution in [0.3, 0.4) is 0 Å². The first-order valence-corrected chi connectivity index (χ1v) is 14.5. The van der Waals surface area contributed by atoms with E-state index in [1.807, 2.05) is 13.0 Å². The molecule has 7 nitrogen and oxygen atoms in total. The number of amides is 3. The Hall–Kier alpha value is -3.15. The zero-order valence-corrected chi connectivity index (χ0v) is 25.6. The molecule has 216 valence electrons. The summed E-state index contributed by atoms with van der Waals surface area (Å²) in [5, 5.41) is 5.95. The van der Waals surface area contributed by atoms with Gasteiger partial charge in [0.15, 0.2) is 0 Å². The summed E-state index contributed by atoms with van der Waals surface area (Å²) in [6.07, 6.45) is 8.35. The molecule has 2 aromatic carbocycles. The van der Waals surface area contributed by atoms with Crippen molar-refractivity contribution in [1.29, 1.82) is 0 Å². The van der Waals surface area contributed by atoms with E-state index in [0.29, 0.717) is 28.3 Å². The lowest BCUT2D eigenvalue weighted by molar-refractivity contribution is -0.140. The van der Waals surface area contributed by atoms with Crippen LogP contribution in [-0.4, -0.2) is 46.7 Å². The summed E-state index contributed by atoms with van der Waals surface area (Å²) in [6.45, 7) is 9.44. The van der Waals surface area contributed by atoms with Gasteiger partial charge in [-0.15, -0.1) is 6.42 Å². The number of hydrogen-bond acceptors (Lipinski definition) is 5. The molecule has 0 heterocycles. The zero-order valence-electron chi connectivity index (χ0n) is 23.9. The number of aryl methyl sites for hydroxylation is 1. The van der Waals surface area contributed by atoms with Gasteiger partial charge >= 0.3 is 6.09 Å². The SMILES string of the molecule is C#Cc1ccc(C(C(=O)Nc2c(C)cccc2Cl)N(CCCCCC)C(=O)C(CS)NC(=O)OC(C)(C)C)cc1. The largest absolute Gasteiger partial charge is 0.444 e. The van der Waals surface area contributed by atoms with E-state index >= 15 is 0 Å². The van der Waals surface area contributed by atoms with Crippen LogP contribution >= 0.6 is 24.2 Å². The number of nitrogens with zero attached hydrogens (tertiary/aromatic N) is 1. The highest BCUT2D eigenvalue weighted by Crippen LogP contribution is 2.30. The molecule has 2 atom stereocenters. The van der Waals surface area contributed by atoms with E-state index in [4.69, 9.17) is 22.8 Å². The highest BCUT2D eigenvalue weighted by Gasteiger charge is 2.36. The smallest absolute Gasteiger partial charge is 0.408 e. The molecule has 2 unspecified atom stereocenters. The highest BCUT2D eigenvalue weighted by molar-refractivity contribution is 7.80. The number of carbonyl (C=O) groups excluding carboxylic acids is 3. The molecule has 0 bridgehead atoms. The molecule has 0 aliphatic rings. The van der Waals surface area contributed by atoms with Crippen molar-refractivity contribution in [3.8, 4) is 12.3 Å². The van der Waals surface area contributed by atoms with Crippen molar-refractivity contribution in [2.75, 3.05) is 17.6 Å². The van der Waals surface area contributed by atoms with Crippen molar-refractivity contribution < 1.29 is 19.1 Å². The number of hydrogen-bond donors (Lipinski definition) is 3. The molecular weight excluding hydrogens is 546 g/mol. The molecule has 2 N–H and O–H groups in total. The first kappa shape index (κ1) is 33.1. The Morgan fingerprint density at radius 1 is 1.10 bits per heavy atom. The third kappa shape index (κ3) is 9.79. The van der Waals surface area contributed by atoms with Gasteiger partial charge < -0.3 is 20.3 Å². The molecular formula is C31H40ClN3O4S. The molecule has 9 heteroatoms. The lowest BCUT2D eigenvalue weighted by atomic mass is 10.0. The topological polar surface area (TPSA) is 87.7 Å². The standard InChI is InChI=1S/C31H40ClN3O4S/c1-7-9-10-11-19-35(29(37)25(20-40)33-30(38)39-31(4,5)6)27(23-17-15-22(8-2)16-18-23)28(36)34-26-21(3)13-12-14-24(26)32/h2,12-18,25,27,40H,7,9-11,19-20H2,1,3-6H3,(H,33,38)(H,34,36). The second-order valence-electron chi connectivity index (χ2n) is 10.6. The van der Waals surface area contributed by atoms with E-state index < -0.39 is 35.6 Å². The summed E-state index contributed by atoms with van der Waals surface area (Å²) in [5.74, 6) is 1.70. The van der Waals surface area contributed by atoms with Crippen molar-refractivity contribution in [2.45, 2.75) is 78.0 Å². The number of para-hydroxylation sites is 1. The molecule has 0 fully saturated rings. The van der Waals surface area contributed by atoms with Crippen molar-refractivity contribution in [3.63, 3.8) is 0 Å². The van der Waals surface area contributed by atoms with Gasteiger partial charge in [0, 0.05) is 17.9 Å². The van der Waals surface area contributed by atoms with Gasteiger partial charge in [-0.1, -0.05) is 68.0 Å². The number of ether oxygens (including phenoxy) is 1. The van der Waals surface area contributed by atoms with Crippen LogP contribution in [0.5, 0.6) is 0 Å². The Labute approximate surface area is 248 Å². The lowest BCUT2D eigenvalue weighted by Crippen LogP contribution is -2.53. The maximum Gasteiger partial charge on any atom is 0.408 e. The molecule has 0 radical (unpaired) electrons. The lowest BCUT2D eigenvalue weighted by Gasteiger charge is -2.34. The van der Waals surface area contributed by atoms with E-state index in [1.54, 1.807) is 57.2 Å².